The van der Waals surface area contributed by atoms with Gasteiger partial charge in [0.15, 0.2) is 5.79 Å². The quantitative estimate of drug-likeness (QED) is 0.741. The number of benzene rings is 1. The molecule has 5 nitrogen and oxygen atoms in total. The van der Waals surface area contributed by atoms with Crippen LogP contribution in [0.2, 0.25) is 0 Å². The largest absolute Gasteiger partial charge is 0.346 e. The Kier molecular flexibility index (Phi) is 2.87. The second-order valence-corrected chi connectivity index (χ2v) is 5.80. The van der Waals surface area contributed by atoms with Crippen LogP contribution in [0.3, 0.4) is 0 Å². The number of hydrogen-bond donors (Lipinski definition) is 0. The van der Waals surface area contributed by atoms with Gasteiger partial charge in [-0.15, -0.1) is 0 Å². The molecule has 21 heavy (non-hydrogen) atoms. The molecule has 0 radical (unpaired) electrons. The van der Waals surface area contributed by atoms with Gasteiger partial charge in [0.05, 0.1) is 30.4 Å². The van der Waals surface area contributed by atoms with Gasteiger partial charge in [-0.3, -0.25) is 14.5 Å². The first-order chi connectivity index (χ1) is 10.2. The molecule has 0 N–H and O–H groups in total. The van der Waals surface area contributed by atoms with E-state index in [2.05, 4.69) is 0 Å². The molecule has 1 saturated heterocycles. The highest BCUT2D eigenvalue weighted by Crippen LogP contribution is 2.41. The molecule has 3 aliphatic rings. The lowest BCUT2D eigenvalue weighted by Gasteiger charge is -2.42. The molecule has 2 heterocycles. The zero-order valence-corrected chi connectivity index (χ0v) is 11.7. The molecule has 0 aromatic heterocycles. The highest BCUT2D eigenvalue weighted by molar-refractivity contribution is 6.21. The summed E-state index contributed by atoms with van der Waals surface area (Å²) in [7, 11) is 0. The van der Waals surface area contributed by atoms with Crippen LogP contribution in [0.15, 0.2) is 24.3 Å². The number of rotatable bonds is 1. The van der Waals surface area contributed by atoms with Gasteiger partial charge in [-0.25, -0.2) is 0 Å². The molecule has 1 unspecified atom stereocenters. The second-order valence-electron chi connectivity index (χ2n) is 5.80. The number of amides is 2. The Morgan fingerprint density at radius 2 is 1.62 bits per heavy atom. The van der Waals surface area contributed by atoms with Crippen LogP contribution >= 0.6 is 0 Å². The van der Waals surface area contributed by atoms with Crippen molar-refractivity contribution in [3.8, 4) is 0 Å². The lowest BCUT2D eigenvalue weighted by molar-refractivity contribution is -0.207. The van der Waals surface area contributed by atoms with E-state index in [9.17, 15) is 9.59 Å². The Labute approximate surface area is 122 Å². The lowest BCUT2D eigenvalue weighted by atomic mass is 9.87. The maximum Gasteiger partial charge on any atom is 0.261 e. The minimum atomic E-state index is -0.786. The van der Waals surface area contributed by atoms with Crippen molar-refractivity contribution in [2.24, 2.45) is 0 Å². The van der Waals surface area contributed by atoms with Crippen LogP contribution in [0.1, 0.15) is 46.4 Å². The van der Waals surface area contributed by atoms with Gasteiger partial charge < -0.3 is 9.47 Å². The molecule has 2 amide bonds. The molecule has 1 aromatic rings. The number of carbonyl (C=O) groups is 2. The Hall–Kier alpha value is -1.72. The van der Waals surface area contributed by atoms with E-state index in [0.29, 0.717) is 24.3 Å². The average molecular weight is 287 g/mol. The van der Waals surface area contributed by atoms with Gasteiger partial charge >= 0.3 is 0 Å². The van der Waals surface area contributed by atoms with Crippen molar-refractivity contribution in [2.75, 3.05) is 13.2 Å². The summed E-state index contributed by atoms with van der Waals surface area (Å²) in [6.07, 6.45) is 3.46. The van der Waals surface area contributed by atoms with Crippen molar-refractivity contribution in [3.05, 3.63) is 35.4 Å². The van der Waals surface area contributed by atoms with Gasteiger partial charge in [0.25, 0.3) is 11.8 Å². The number of fused-ring (bicyclic) bond motifs is 1. The lowest BCUT2D eigenvalue weighted by Crippen LogP contribution is -2.57. The van der Waals surface area contributed by atoms with Gasteiger partial charge in [0, 0.05) is 6.42 Å². The summed E-state index contributed by atoms with van der Waals surface area (Å²) >= 11 is 0. The molecular formula is C16H17NO4. The number of hydrogen-bond acceptors (Lipinski definition) is 4. The predicted molar refractivity (Wildman–Crippen MR) is 73.8 cm³/mol. The van der Waals surface area contributed by atoms with Crippen LogP contribution in [0.5, 0.6) is 0 Å². The molecule has 4 rings (SSSR count). The second kappa shape index (κ2) is 4.64. The standard InChI is InChI=1S/C16H17NO4/c18-14-11-5-1-2-6-12(11)15(19)17(14)13-7-3-4-8-16(13)20-9-10-21-16/h1-2,5-6,13H,3-4,7-10H2. The monoisotopic (exact) mass is 287 g/mol. The van der Waals surface area contributed by atoms with E-state index >= 15 is 0 Å². The van der Waals surface area contributed by atoms with Gasteiger partial charge in [-0.2, -0.15) is 0 Å². The van der Waals surface area contributed by atoms with Crippen molar-refractivity contribution in [1.29, 1.82) is 0 Å². The minimum Gasteiger partial charge on any atom is -0.346 e. The highest BCUT2D eigenvalue weighted by Gasteiger charge is 2.53. The van der Waals surface area contributed by atoms with E-state index < -0.39 is 5.79 Å². The Bertz CT molecular complexity index is 571. The molecule has 1 saturated carbocycles. The molecule has 1 atom stereocenters. The normalized spacial score (nSPS) is 27.4. The third-order valence-corrected chi connectivity index (χ3v) is 4.67. The van der Waals surface area contributed by atoms with Crippen molar-refractivity contribution in [3.63, 3.8) is 0 Å². The topological polar surface area (TPSA) is 55.8 Å². The summed E-state index contributed by atoms with van der Waals surface area (Å²) in [5, 5.41) is 0. The van der Waals surface area contributed by atoms with Gasteiger partial charge in [-0.1, -0.05) is 18.6 Å². The van der Waals surface area contributed by atoms with E-state index in [1.165, 1.54) is 4.90 Å². The number of ether oxygens (including phenoxy) is 2. The molecular weight excluding hydrogens is 270 g/mol. The number of nitrogens with zero attached hydrogens (tertiary/aromatic N) is 1. The molecule has 2 fully saturated rings. The van der Waals surface area contributed by atoms with Crippen molar-refractivity contribution >= 4 is 11.8 Å². The maximum absolute atomic E-state index is 12.6. The Balaban J connectivity index is 1.73. The predicted octanol–water partition coefficient (Wildman–Crippen LogP) is 1.97. The number of carbonyl (C=O) groups excluding carboxylic acids is 2. The Morgan fingerprint density at radius 3 is 2.24 bits per heavy atom. The van der Waals surface area contributed by atoms with E-state index in [0.717, 1.165) is 25.7 Å². The molecule has 2 aliphatic heterocycles. The molecule has 1 aromatic carbocycles. The molecule has 1 spiro atoms. The number of imide groups is 1. The van der Waals surface area contributed by atoms with Gasteiger partial charge in [0.2, 0.25) is 0 Å². The highest BCUT2D eigenvalue weighted by atomic mass is 16.7. The van der Waals surface area contributed by atoms with Crippen molar-refractivity contribution < 1.29 is 19.1 Å². The van der Waals surface area contributed by atoms with Crippen LogP contribution in [0.4, 0.5) is 0 Å². The summed E-state index contributed by atoms with van der Waals surface area (Å²) in [5.74, 6) is -1.23. The van der Waals surface area contributed by atoms with E-state index in [1.807, 2.05) is 0 Å². The summed E-state index contributed by atoms with van der Waals surface area (Å²) < 4.78 is 11.7. The third kappa shape index (κ3) is 1.77. The van der Waals surface area contributed by atoms with Gasteiger partial charge in [0.1, 0.15) is 0 Å². The smallest absolute Gasteiger partial charge is 0.261 e. The fourth-order valence-corrected chi connectivity index (χ4v) is 3.72. The first kappa shape index (κ1) is 13.0. The molecule has 5 heteroatoms. The van der Waals surface area contributed by atoms with E-state index in [1.54, 1.807) is 24.3 Å². The van der Waals surface area contributed by atoms with E-state index in [-0.39, 0.29) is 17.9 Å². The van der Waals surface area contributed by atoms with Crippen LogP contribution in [0.25, 0.3) is 0 Å². The first-order valence-corrected chi connectivity index (χ1v) is 7.48. The van der Waals surface area contributed by atoms with Gasteiger partial charge in [-0.05, 0) is 25.0 Å². The van der Waals surface area contributed by atoms with Crippen LogP contribution in [-0.2, 0) is 9.47 Å². The Morgan fingerprint density at radius 1 is 1.00 bits per heavy atom. The zero-order chi connectivity index (χ0) is 14.4. The third-order valence-electron chi connectivity index (χ3n) is 4.67. The van der Waals surface area contributed by atoms with Crippen LogP contribution < -0.4 is 0 Å². The fourth-order valence-electron chi connectivity index (χ4n) is 3.72. The summed E-state index contributed by atoms with van der Waals surface area (Å²) in [5.41, 5.74) is 0.974. The maximum atomic E-state index is 12.6. The van der Waals surface area contributed by atoms with Crippen molar-refractivity contribution in [1.82, 2.24) is 4.90 Å². The summed E-state index contributed by atoms with van der Waals surface area (Å²) in [6, 6.07) is 6.67. The van der Waals surface area contributed by atoms with E-state index in [4.69, 9.17) is 9.47 Å². The fraction of sp³-hybridized carbons (Fsp3) is 0.500. The SMILES string of the molecule is O=C1c2ccccc2C(=O)N1C1CCCCC12OCCO2. The van der Waals surface area contributed by atoms with Crippen LogP contribution in [0, 0.1) is 0 Å². The summed E-state index contributed by atoms with van der Waals surface area (Å²) in [4.78, 5) is 26.7. The molecule has 1 aliphatic carbocycles. The minimum absolute atomic E-state index is 0.221. The van der Waals surface area contributed by atoms with Crippen molar-refractivity contribution in [2.45, 2.75) is 37.5 Å². The molecule has 110 valence electrons. The zero-order valence-electron chi connectivity index (χ0n) is 11.7. The van der Waals surface area contributed by atoms with Crippen LogP contribution in [-0.4, -0.2) is 41.8 Å². The average Bonchev–Trinajstić information content (AvgIpc) is 3.07. The first-order valence-electron chi connectivity index (χ1n) is 7.48. The summed E-state index contributed by atoms with van der Waals surface area (Å²) in [6.45, 7) is 1.05. The molecule has 0 bridgehead atoms.